The summed E-state index contributed by atoms with van der Waals surface area (Å²) in [6.45, 7) is 13.9. The first kappa shape index (κ1) is 33.7. The summed E-state index contributed by atoms with van der Waals surface area (Å²) in [6, 6.07) is 14.6. The van der Waals surface area contributed by atoms with Gasteiger partial charge in [-0.1, -0.05) is 30.4 Å². The first-order chi connectivity index (χ1) is 22.8. The van der Waals surface area contributed by atoms with Crippen molar-refractivity contribution in [2.45, 2.75) is 84.2 Å². The van der Waals surface area contributed by atoms with Crippen LogP contribution in [-0.4, -0.2) is 59.5 Å². The number of rotatable bonds is 3. The number of benzene rings is 2. The fraction of sp³-hybridized carbons (Fsp3) is 0.436. The van der Waals surface area contributed by atoms with Crippen molar-refractivity contribution in [3.05, 3.63) is 83.8 Å². The Morgan fingerprint density at radius 2 is 1.83 bits per heavy atom. The maximum Gasteiger partial charge on any atom is 0.339 e. The molecular formula is C39H46FN3O5. The largest absolute Gasteiger partial charge is 0.490 e. The minimum atomic E-state index is -0.947. The number of imidazole rings is 1. The Bertz CT molecular complexity index is 1830. The average molecular weight is 656 g/mol. The van der Waals surface area contributed by atoms with Gasteiger partial charge in [0, 0.05) is 42.4 Å². The lowest BCUT2D eigenvalue weighted by Crippen LogP contribution is -2.45. The highest BCUT2D eigenvalue weighted by molar-refractivity contribution is 5.81. The van der Waals surface area contributed by atoms with Crippen molar-refractivity contribution in [2.24, 2.45) is 0 Å². The van der Waals surface area contributed by atoms with Crippen LogP contribution in [0.5, 0.6) is 5.75 Å². The van der Waals surface area contributed by atoms with Crippen molar-refractivity contribution in [1.29, 1.82) is 0 Å². The molecule has 4 aromatic rings. The predicted octanol–water partition coefficient (Wildman–Crippen LogP) is 8.25. The van der Waals surface area contributed by atoms with E-state index in [4.69, 9.17) is 23.9 Å². The van der Waals surface area contributed by atoms with Gasteiger partial charge < -0.3 is 23.8 Å². The molecule has 0 amide bonds. The predicted molar refractivity (Wildman–Crippen MR) is 186 cm³/mol. The van der Waals surface area contributed by atoms with E-state index in [-0.39, 0.29) is 17.5 Å². The number of anilines is 1. The lowest BCUT2D eigenvalue weighted by Gasteiger charge is -2.41. The van der Waals surface area contributed by atoms with Crippen LogP contribution in [0.1, 0.15) is 71.1 Å². The number of carbonyl (C=O) groups is 1. The van der Waals surface area contributed by atoms with E-state index in [1.54, 1.807) is 6.07 Å². The number of hydrogen-bond acceptors (Lipinski definition) is 7. The van der Waals surface area contributed by atoms with E-state index in [0.717, 1.165) is 52.3 Å². The van der Waals surface area contributed by atoms with Gasteiger partial charge in [0.15, 0.2) is 6.10 Å². The second-order valence-electron chi connectivity index (χ2n) is 14.2. The fourth-order valence-corrected chi connectivity index (χ4v) is 6.60. The Balaban J connectivity index is 1.55. The van der Waals surface area contributed by atoms with Crippen LogP contribution in [0.2, 0.25) is 0 Å². The summed E-state index contributed by atoms with van der Waals surface area (Å²) < 4.78 is 41.2. The van der Waals surface area contributed by atoms with Crippen LogP contribution in [0.4, 0.5) is 10.2 Å². The topological polar surface area (TPSA) is 74.5 Å². The molecule has 1 saturated heterocycles. The summed E-state index contributed by atoms with van der Waals surface area (Å²) in [5.41, 5.74) is 4.58. The number of carbonyl (C=O) groups excluding carboxylic acids is 1. The zero-order chi connectivity index (χ0) is 34.2. The molecule has 9 heteroatoms. The molecule has 254 valence electrons. The van der Waals surface area contributed by atoms with Crippen molar-refractivity contribution < 1.29 is 28.1 Å². The van der Waals surface area contributed by atoms with Crippen molar-refractivity contribution in [3.63, 3.8) is 0 Å². The van der Waals surface area contributed by atoms with E-state index in [1.807, 2.05) is 77.2 Å². The SMILES string of the molecule is COC(=O)[C@@H](OC(C)(C)C)c1c(C)cc2nc3cn2c1N1CCC(C)(CC1)OC/C=C\C[C@H](C)Oc1ccc(F)cc1-c1cccc-3c1. The molecule has 2 aromatic carbocycles. The van der Waals surface area contributed by atoms with Crippen LogP contribution in [-0.2, 0) is 19.0 Å². The van der Waals surface area contributed by atoms with E-state index in [2.05, 4.69) is 22.3 Å². The lowest BCUT2D eigenvalue weighted by molar-refractivity contribution is -0.164. The fourth-order valence-electron chi connectivity index (χ4n) is 6.60. The van der Waals surface area contributed by atoms with Crippen LogP contribution in [0.15, 0.2) is 66.9 Å². The van der Waals surface area contributed by atoms with E-state index in [1.165, 1.54) is 19.2 Å². The van der Waals surface area contributed by atoms with Crippen molar-refractivity contribution >= 4 is 17.4 Å². The molecule has 3 aliphatic rings. The first-order valence-electron chi connectivity index (χ1n) is 16.7. The van der Waals surface area contributed by atoms with E-state index >= 15 is 0 Å². The summed E-state index contributed by atoms with van der Waals surface area (Å²) in [6.07, 6.45) is 7.36. The zero-order valence-electron chi connectivity index (χ0n) is 29.0. The highest BCUT2D eigenvalue weighted by atomic mass is 19.1. The van der Waals surface area contributed by atoms with Gasteiger partial charge in [-0.3, -0.25) is 4.40 Å². The summed E-state index contributed by atoms with van der Waals surface area (Å²) >= 11 is 0. The number of aryl methyl sites for hydroxylation is 1. The number of pyridine rings is 1. The van der Waals surface area contributed by atoms with Crippen molar-refractivity contribution in [3.8, 4) is 28.1 Å². The van der Waals surface area contributed by atoms with Crippen LogP contribution >= 0.6 is 0 Å². The Morgan fingerprint density at radius 3 is 2.56 bits per heavy atom. The Morgan fingerprint density at radius 1 is 1.08 bits per heavy atom. The summed E-state index contributed by atoms with van der Waals surface area (Å²) in [4.78, 5) is 20.8. The van der Waals surface area contributed by atoms with Gasteiger partial charge in [-0.15, -0.1) is 0 Å². The molecule has 5 heterocycles. The summed E-state index contributed by atoms with van der Waals surface area (Å²) in [7, 11) is 1.39. The van der Waals surface area contributed by atoms with E-state index < -0.39 is 17.7 Å². The Labute approximate surface area is 282 Å². The Hall–Kier alpha value is -4.21. The molecular weight excluding hydrogens is 609 g/mol. The van der Waals surface area contributed by atoms with E-state index in [0.29, 0.717) is 37.4 Å². The molecule has 0 aliphatic carbocycles. The van der Waals surface area contributed by atoms with Gasteiger partial charge >= 0.3 is 5.97 Å². The maximum atomic E-state index is 14.6. The molecule has 0 radical (unpaired) electrons. The number of piperidine rings is 1. The van der Waals surface area contributed by atoms with Crippen molar-refractivity contribution in [1.82, 2.24) is 9.38 Å². The third kappa shape index (κ3) is 7.12. The van der Waals surface area contributed by atoms with Crippen LogP contribution in [0, 0.1) is 12.7 Å². The molecule has 48 heavy (non-hydrogen) atoms. The highest BCUT2D eigenvalue weighted by Crippen LogP contribution is 2.40. The van der Waals surface area contributed by atoms with Crippen LogP contribution < -0.4 is 9.64 Å². The third-order valence-corrected chi connectivity index (χ3v) is 9.14. The van der Waals surface area contributed by atoms with Gasteiger partial charge in [0.25, 0.3) is 0 Å². The quantitative estimate of drug-likeness (QED) is 0.163. The second-order valence-corrected chi connectivity index (χ2v) is 14.2. The maximum absolute atomic E-state index is 14.6. The molecule has 2 atom stereocenters. The number of hydrogen-bond donors (Lipinski definition) is 0. The minimum absolute atomic E-state index is 0.122. The van der Waals surface area contributed by atoms with Gasteiger partial charge in [-0.05, 0) is 95.8 Å². The minimum Gasteiger partial charge on any atom is -0.490 e. The number of esters is 1. The number of fused-ring (bicyclic) bond motifs is 7. The van der Waals surface area contributed by atoms with Gasteiger partial charge in [0.05, 0.1) is 36.7 Å². The third-order valence-electron chi connectivity index (χ3n) is 9.14. The number of ether oxygens (including phenoxy) is 4. The molecule has 8 nitrogen and oxygen atoms in total. The van der Waals surface area contributed by atoms with Gasteiger partial charge in [-0.2, -0.15) is 0 Å². The molecule has 1 fully saturated rings. The van der Waals surface area contributed by atoms with Gasteiger partial charge in [0.2, 0.25) is 0 Å². The number of nitrogens with zero attached hydrogens (tertiary/aromatic N) is 3. The smallest absolute Gasteiger partial charge is 0.339 e. The zero-order valence-corrected chi connectivity index (χ0v) is 29.0. The normalized spacial score (nSPS) is 21.4. The molecule has 7 rings (SSSR count). The van der Waals surface area contributed by atoms with Gasteiger partial charge in [0.1, 0.15) is 23.0 Å². The molecule has 3 aliphatic heterocycles. The molecule has 2 aromatic heterocycles. The molecule has 0 saturated carbocycles. The summed E-state index contributed by atoms with van der Waals surface area (Å²) in [5, 5.41) is 0. The number of halogens is 1. The number of methoxy groups -OCH3 is 1. The summed E-state index contributed by atoms with van der Waals surface area (Å²) in [5.74, 6) is 0.675. The lowest BCUT2D eigenvalue weighted by atomic mass is 9.92. The molecule has 0 N–H and O–H groups in total. The monoisotopic (exact) mass is 655 g/mol. The average Bonchev–Trinajstić information content (AvgIpc) is 3.47. The standard InChI is InChI=1S/C39H46FN3O5/c1-25-21-33-41-31-24-43(33)36(34(25)35(37(44)45-7)48-38(3,4)5)42-18-16-39(6,17-19-42)46-20-9-8-11-26(2)47-32-15-14-29(40)23-30(32)27-12-10-13-28(31)22-27/h8-10,12-15,21-24,26,35H,11,16-20H2,1-7H3/b9-8-/t26-,35-/m0/s1. The second kappa shape index (κ2) is 13.4. The first-order valence-corrected chi connectivity index (χ1v) is 16.7. The highest BCUT2D eigenvalue weighted by Gasteiger charge is 2.37. The Kier molecular flexibility index (Phi) is 9.37. The molecule has 6 bridgehead atoms. The van der Waals surface area contributed by atoms with Gasteiger partial charge in [-0.25, -0.2) is 14.2 Å². The van der Waals surface area contributed by atoms with E-state index in [9.17, 15) is 9.18 Å². The van der Waals surface area contributed by atoms with Crippen LogP contribution in [0.25, 0.3) is 28.0 Å². The van der Waals surface area contributed by atoms with Crippen molar-refractivity contribution in [2.75, 3.05) is 31.7 Å². The molecule has 0 spiro atoms. The molecule has 0 unspecified atom stereocenters. The van der Waals surface area contributed by atoms with Crippen LogP contribution in [0.3, 0.4) is 0 Å². The number of aromatic nitrogens is 2.